The van der Waals surface area contributed by atoms with E-state index < -0.39 is 6.10 Å². The van der Waals surface area contributed by atoms with Crippen LogP contribution >= 0.6 is 27.3 Å². The SMILES string of the molecule is OC(Cc1cn2ccsc2n1)c1cccc(Br)c1. The number of halogens is 1. The maximum Gasteiger partial charge on any atom is 0.193 e. The van der Waals surface area contributed by atoms with Gasteiger partial charge in [-0.05, 0) is 17.7 Å². The molecule has 18 heavy (non-hydrogen) atoms. The minimum Gasteiger partial charge on any atom is -0.388 e. The molecule has 5 heteroatoms. The standard InChI is InChI=1S/C13H11BrN2OS/c14-10-3-1-2-9(6-10)12(17)7-11-8-16-4-5-18-13(16)15-11/h1-6,8,12,17H,7H2. The zero-order valence-electron chi connectivity index (χ0n) is 9.45. The number of aliphatic hydroxyl groups excluding tert-OH is 1. The van der Waals surface area contributed by atoms with Gasteiger partial charge in [-0.15, -0.1) is 11.3 Å². The molecule has 2 heterocycles. The van der Waals surface area contributed by atoms with E-state index in [4.69, 9.17) is 0 Å². The summed E-state index contributed by atoms with van der Waals surface area (Å²) in [5, 5.41) is 12.2. The van der Waals surface area contributed by atoms with Gasteiger partial charge in [-0.1, -0.05) is 28.1 Å². The molecule has 1 unspecified atom stereocenters. The first kappa shape index (κ1) is 11.9. The van der Waals surface area contributed by atoms with E-state index in [1.807, 2.05) is 46.4 Å². The van der Waals surface area contributed by atoms with Crippen LogP contribution in [0.5, 0.6) is 0 Å². The van der Waals surface area contributed by atoms with E-state index in [0.29, 0.717) is 6.42 Å². The van der Waals surface area contributed by atoms with Crippen LogP contribution in [-0.2, 0) is 6.42 Å². The van der Waals surface area contributed by atoms with Gasteiger partial charge in [0, 0.05) is 28.7 Å². The lowest BCUT2D eigenvalue weighted by molar-refractivity contribution is 0.177. The van der Waals surface area contributed by atoms with E-state index in [9.17, 15) is 5.11 Å². The Hall–Kier alpha value is -1.17. The lowest BCUT2D eigenvalue weighted by atomic mass is 10.1. The highest BCUT2D eigenvalue weighted by Gasteiger charge is 2.11. The molecule has 0 aliphatic heterocycles. The molecule has 0 saturated carbocycles. The fourth-order valence-electron chi connectivity index (χ4n) is 1.90. The number of hydrogen-bond acceptors (Lipinski definition) is 3. The molecule has 0 fully saturated rings. The smallest absolute Gasteiger partial charge is 0.193 e. The monoisotopic (exact) mass is 322 g/mol. The molecule has 3 nitrogen and oxygen atoms in total. The molecular weight excluding hydrogens is 312 g/mol. The van der Waals surface area contributed by atoms with E-state index in [2.05, 4.69) is 20.9 Å². The predicted molar refractivity (Wildman–Crippen MR) is 75.9 cm³/mol. The van der Waals surface area contributed by atoms with Gasteiger partial charge in [-0.3, -0.25) is 4.40 Å². The molecular formula is C13H11BrN2OS. The topological polar surface area (TPSA) is 37.5 Å². The summed E-state index contributed by atoms with van der Waals surface area (Å²) in [7, 11) is 0. The molecule has 0 saturated heterocycles. The van der Waals surface area contributed by atoms with Gasteiger partial charge < -0.3 is 5.11 Å². The van der Waals surface area contributed by atoms with Crippen molar-refractivity contribution in [2.24, 2.45) is 0 Å². The molecule has 0 bridgehead atoms. The number of rotatable bonds is 3. The highest BCUT2D eigenvalue weighted by atomic mass is 79.9. The highest BCUT2D eigenvalue weighted by molar-refractivity contribution is 9.10. The quantitative estimate of drug-likeness (QED) is 0.802. The molecule has 0 spiro atoms. The van der Waals surface area contributed by atoms with Gasteiger partial charge in [0.2, 0.25) is 0 Å². The molecule has 0 aliphatic carbocycles. The first-order valence-electron chi connectivity index (χ1n) is 5.57. The third kappa shape index (κ3) is 2.34. The van der Waals surface area contributed by atoms with Gasteiger partial charge in [0.1, 0.15) is 0 Å². The molecule has 0 amide bonds. The van der Waals surface area contributed by atoms with Crippen molar-refractivity contribution >= 4 is 32.2 Å². The largest absolute Gasteiger partial charge is 0.388 e. The van der Waals surface area contributed by atoms with Gasteiger partial charge in [0.05, 0.1) is 11.8 Å². The fourth-order valence-corrected chi connectivity index (χ4v) is 3.04. The van der Waals surface area contributed by atoms with Crippen molar-refractivity contribution in [2.45, 2.75) is 12.5 Å². The van der Waals surface area contributed by atoms with Crippen LogP contribution in [0.3, 0.4) is 0 Å². The van der Waals surface area contributed by atoms with Gasteiger partial charge in [-0.2, -0.15) is 0 Å². The zero-order valence-corrected chi connectivity index (χ0v) is 11.9. The Balaban J connectivity index is 1.81. The number of aromatic nitrogens is 2. The molecule has 1 aromatic carbocycles. The molecule has 3 rings (SSSR count). The normalized spacial score (nSPS) is 13.0. The lowest BCUT2D eigenvalue weighted by Crippen LogP contribution is -2.01. The number of benzene rings is 1. The molecule has 3 aromatic rings. The Labute approximate surface area is 117 Å². The highest BCUT2D eigenvalue weighted by Crippen LogP contribution is 2.22. The number of imidazole rings is 1. The summed E-state index contributed by atoms with van der Waals surface area (Å²) in [4.78, 5) is 5.43. The zero-order chi connectivity index (χ0) is 12.5. The van der Waals surface area contributed by atoms with Crippen molar-refractivity contribution in [3.05, 3.63) is 57.8 Å². The van der Waals surface area contributed by atoms with Crippen LogP contribution in [0, 0.1) is 0 Å². The Morgan fingerprint density at radius 2 is 2.33 bits per heavy atom. The first-order chi connectivity index (χ1) is 8.72. The van der Waals surface area contributed by atoms with Crippen LogP contribution in [0.25, 0.3) is 4.96 Å². The van der Waals surface area contributed by atoms with E-state index in [1.54, 1.807) is 11.3 Å². The van der Waals surface area contributed by atoms with Crippen LogP contribution in [0.4, 0.5) is 0 Å². The molecule has 1 atom stereocenters. The van der Waals surface area contributed by atoms with Crippen LogP contribution in [0.2, 0.25) is 0 Å². The van der Waals surface area contributed by atoms with Crippen LogP contribution in [0.15, 0.2) is 46.5 Å². The summed E-state index contributed by atoms with van der Waals surface area (Å²) in [5.41, 5.74) is 1.81. The summed E-state index contributed by atoms with van der Waals surface area (Å²) >= 11 is 5.00. The van der Waals surface area contributed by atoms with Crippen molar-refractivity contribution in [1.29, 1.82) is 0 Å². The Morgan fingerprint density at radius 3 is 3.11 bits per heavy atom. The van der Waals surface area contributed by atoms with Crippen molar-refractivity contribution < 1.29 is 5.11 Å². The van der Waals surface area contributed by atoms with E-state index >= 15 is 0 Å². The van der Waals surface area contributed by atoms with Gasteiger partial charge >= 0.3 is 0 Å². The minimum atomic E-state index is -0.521. The van der Waals surface area contributed by atoms with E-state index in [-0.39, 0.29) is 0 Å². The van der Waals surface area contributed by atoms with Crippen molar-refractivity contribution in [2.75, 3.05) is 0 Å². The van der Waals surface area contributed by atoms with Crippen LogP contribution < -0.4 is 0 Å². The number of thiazole rings is 1. The molecule has 2 aromatic heterocycles. The maximum atomic E-state index is 10.2. The fraction of sp³-hybridized carbons (Fsp3) is 0.154. The van der Waals surface area contributed by atoms with Crippen molar-refractivity contribution in [1.82, 2.24) is 9.38 Å². The van der Waals surface area contributed by atoms with E-state index in [0.717, 1.165) is 20.7 Å². The summed E-state index contributed by atoms with van der Waals surface area (Å²) in [6.07, 6.45) is 3.95. The van der Waals surface area contributed by atoms with Gasteiger partial charge in [0.25, 0.3) is 0 Å². The third-order valence-electron chi connectivity index (χ3n) is 2.78. The third-order valence-corrected chi connectivity index (χ3v) is 4.04. The first-order valence-corrected chi connectivity index (χ1v) is 7.24. The second kappa shape index (κ2) is 4.84. The second-order valence-electron chi connectivity index (χ2n) is 4.10. The summed E-state index contributed by atoms with van der Waals surface area (Å²) < 4.78 is 2.96. The van der Waals surface area contributed by atoms with E-state index in [1.165, 1.54) is 0 Å². The Morgan fingerprint density at radius 1 is 1.44 bits per heavy atom. The number of aliphatic hydroxyl groups is 1. The average Bonchev–Trinajstić information content (AvgIpc) is 2.89. The van der Waals surface area contributed by atoms with Gasteiger partial charge in [-0.25, -0.2) is 4.98 Å². The van der Waals surface area contributed by atoms with Crippen LogP contribution in [0.1, 0.15) is 17.4 Å². The average molecular weight is 323 g/mol. The lowest BCUT2D eigenvalue weighted by Gasteiger charge is -2.09. The Bertz CT molecular complexity index is 648. The molecule has 0 aliphatic rings. The van der Waals surface area contributed by atoms with Crippen LogP contribution in [-0.4, -0.2) is 14.5 Å². The van der Waals surface area contributed by atoms with Crippen molar-refractivity contribution in [3.63, 3.8) is 0 Å². The van der Waals surface area contributed by atoms with Crippen molar-refractivity contribution in [3.8, 4) is 0 Å². The molecule has 1 N–H and O–H groups in total. The Kier molecular flexibility index (Phi) is 3.20. The number of nitrogens with zero attached hydrogens (tertiary/aromatic N) is 2. The minimum absolute atomic E-state index is 0.521. The predicted octanol–water partition coefficient (Wildman–Crippen LogP) is 3.43. The van der Waals surface area contributed by atoms with Gasteiger partial charge in [0.15, 0.2) is 4.96 Å². The number of hydrogen-bond donors (Lipinski definition) is 1. The number of fused-ring (bicyclic) bond motifs is 1. The summed E-state index contributed by atoms with van der Waals surface area (Å²) in [6, 6.07) is 7.73. The molecule has 0 radical (unpaired) electrons. The second-order valence-corrected chi connectivity index (χ2v) is 5.89. The summed E-state index contributed by atoms with van der Waals surface area (Å²) in [6.45, 7) is 0. The summed E-state index contributed by atoms with van der Waals surface area (Å²) in [5.74, 6) is 0. The molecule has 92 valence electrons. The maximum absolute atomic E-state index is 10.2.